The van der Waals surface area contributed by atoms with Gasteiger partial charge in [0.15, 0.2) is 0 Å². The molecule has 0 spiro atoms. The van der Waals surface area contributed by atoms with E-state index < -0.39 is 0 Å². The number of pyridine rings is 1. The van der Waals surface area contributed by atoms with Crippen LogP contribution in [0.5, 0.6) is 0 Å². The predicted octanol–water partition coefficient (Wildman–Crippen LogP) is 3.48. The van der Waals surface area contributed by atoms with Crippen LogP contribution in [0.25, 0.3) is 11.0 Å². The molecule has 8 heteroatoms. The quantitative estimate of drug-likeness (QED) is 0.351. The first-order valence-corrected chi connectivity index (χ1v) is 9.46. The third-order valence-corrected chi connectivity index (χ3v) is 5.01. The zero-order valence-corrected chi connectivity index (χ0v) is 15.3. The van der Waals surface area contributed by atoms with Crippen molar-refractivity contribution in [2.45, 2.75) is 6.54 Å². The van der Waals surface area contributed by atoms with E-state index >= 15 is 0 Å². The topological polar surface area (TPSA) is 95.0 Å². The van der Waals surface area contributed by atoms with Crippen LogP contribution >= 0.6 is 11.3 Å². The maximum atomic E-state index is 12.5. The standard InChI is InChI=1S/C19H19N5O2S/c25-19(23-8-7-20-11-13-3-9-26-12-13)17-16(4-10-27-17)24-15-2-6-22-18-14(15)1-5-21-18/h1-6,9-10,12,20H,7-8,11H2,(H,23,25)(H2,21,22,24). The Morgan fingerprint density at radius 2 is 2.15 bits per heavy atom. The van der Waals surface area contributed by atoms with Gasteiger partial charge in [-0.15, -0.1) is 11.3 Å². The number of rotatable bonds is 8. The van der Waals surface area contributed by atoms with Gasteiger partial charge in [0.1, 0.15) is 10.5 Å². The average molecular weight is 381 g/mol. The van der Waals surface area contributed by atoms with Crippen LogP contribution in [0.2, 0.25) is 0 Å². The fourth-order valence-corrected chi connectivity index (χ4v) is 3.53. The number of aromatic amines is 1. The Labute approximate surface area is 159 Å². The number of H-pyrrole nitrogens is 1. The van der Waals surface area contributed by atoms with E-state index in [1.54, 1.807) is 18.7 Å². The van der Waals surface area contributed by atoms with Crippen molar-refractivity contribution in [3.05, 3.63) is 65.0 Å². The molecule has 4 rings (SSSR count). The number of aromatic nitrogens is 2. The van der Waals surface area contributed by atoms with Gasteiger partial charge in [-0.25, -0.2) is 4.98 Å². The molecule has 4 heterocycles. The predicted molar refractivity (Wildman–Crippen MR) is 106 cm³/mol. The van der Waals surface area contributed by atoms with Crippen molar-refractivity contribution in [2.24, 2.45) is 0 Å². The van der Waals surface area contributed by atoms with Gasteiger partial charge in [0.2, 0.25) is 0 Å². The molecule has 0 aliphatic heterocycles. The van der Waals surface area contributed by atoms with Crippen molar-refractivity contribution >= 4 is 39.7 Å². The van der Waals surface area contributed by atoms with Gasteiger partial charge >= 0.3 is 0 Å². The van der Waals surface area contributed by atoms with Gasteiger partial charge in [-0.3, -0.25) is 4.79 Å². The molecule has 0 radical (unpaired) electrons. The molecule has 0 unspecified atom stereocenters. The van der Waals surface area contributed by atoms with Crippen molar-refractivity contribution in [1.82, 2.24) is 20.6 Å². The van der Waals surface area contributed by atoms with Gasteiger partial charge in [-0.05, 0) is 29.6 Å². The lowest BCUT2D eigenvalue weighted by molar-refractivity contribution is 0.0958. The minimum atomic E-state index is -0.0861. The van der Waals surface area contributed by atoms with Crippen LogP contribution in [0.15, 0.2) is 59.0 Å². The maximum Gasteiger partial charge on any atom is 0.263 e. The Morgan fingerprint density at radius 3 is 3.04 bits per heavy atom. The van der Waals surface area contributed by atoms with Crippen LogP contribution in [-0.4, -0.2) is 29.0 Å². The molecule has 0 atom stereocenters. The van der Waals surface area contributed by atoms with E-state index in [2.05, 4.69) is 25.9 Å². The molecule has 0 saturated heterocycles. The summed E-state index contributed by atoms with van der Waals surface area (Å²) in [5, 5.41) is 12.5. The number of amides is 1. The number of carbonyl (C=O) groups excluding carboxylic acids is 1. The summed E-state index contributed by atoms with van der Waals surface area (Å²) >= 11 is 1.42. The van der Waals surface area contributed by atoms with E-state index in [-0.39, 0.29) is 5.91 Å². The smallest absolute Gasteiger partial charge is 0.263 e. The molecule has 4 aromatic rings. The highest BCUT2D eigenvalue weighted by Gasteiger charge is 2.14. The zero-order valence-electron chi connectivity index (χ0n) is 14.5. The number of thiophene rings is 1. The molecule has 27 heavy (non-hydrogen) atoms. The maximum absolute atomic E-state index is 12.5. The van der Waals surface area contributed by atoms with Gasteiger partial charge < -0.3 is 25.4 Å². The van der Waals surface area contributed by atoms with E-state index in [4.69, 9.17) is 4.42 Å². The fourth-order valence-electron chi connectivity index (χ4n) is 2.77. The number of carbonyl (C=O) groups is 1. The first kappa shape index (κ1) is 17.3. The summed E-state index contributed by atoms with van der Waals surface area (Å²) in [5.41, 5.74) is 3.59. The third-order valence-electron chi connectivity index (χ3n) is 4.10. The highest BCUT2D eigenvalue weighted by Crippen LogP contribution is 2.29. The summed E-state index contributed by atoms with van der Waals surface area (Å²) in [6.07, 6.45) is 6.93. The molecule has 0 bridgehead atoms. The summed E-state index contributed by atoms with van der Waals surface area (Å²) in [6.45, 7) is 1.94. The molecule has 1 amide bonds. The number of hydrogen-bond donors (Lipinski definition) is 4. The molecule has 0 aromatic carbocycles. The number of nitrogens with one attached hydrogen (secondary N) is 4. The lowest BCUT2D eigenvalue weighted by atomic mass is 10.2. The molecule has 4 N–H and O–H groups in total. The Morgan fingerprint density at radius 1 is 1.19 bits per heavy atom. The van der Waals surface area contributed by atoms with Crippen LogP contribution in [-0.2, 0) is 6.54 Å². The lowest BCUT2D eigenvalue weighted by Gasteiger charge is -2.09. The van der Waals surface area contributed by atoms with Crippen molar-refractivity contribution in [3.8, 4) is 0 Å². The SMILES string of the molecule is O=C(NCCNCc1ccoc1)c1sccc1Nc1ccnc2[nH]ccc12. The molecule has 0 saturated carbocycles. The van der Waals surface area contributed by atoms with Gasteiger partial charge in [-0.1, -0.05) is 0 Å². The number of hydrogen-bond acceptors (Lipinski definition) is 6. The minimum absolute atomic E-state index is 0.0861. The number of anilines is 2. The molecule has 0 fully saturated rings. The molecule has 138 valence electrons. The Bertz CT molecular complexity index is 1020. The largest absolute Gasteiger partial charge is 0.472 e. The van der Waals surface area contributed by atoms with E-state index in [1.165, 1.54) is 11.3 Å². The minimum Gasteiger partial charge on any atom is -0.472 e. The Kier molecular flexibility index (Phi) is 5.17. The van der Waals surface area contributed by atoms with Crippen LogP contribution < -0.4 is 16.0 Å². The fraction of sp³-hybridized carbons (Fsp3) is 0.158. The highest BCUT2D eigenvalue weighted by molar-refractivity contribution is 7.12. The Hall–Kier alpha value is -3.10. The van der Waals surface area contributed by atoms with E-state index in [9.17, 15) is 4.79 Å². The van der Waals surface area contributed by atoms with Gasteiger partial charge in [0.05, 0.1) is 23.9 Å². The zero-order chi connectivity index (χ0) is 18.5. The Balaban J connectivity index is 1.34. The molecule has 0 aliphatic rings. The first-order chi connectivity index (χ1) is 13.3. The van der Waals surface area contributed by atoms with Crippen molar-refractivity contribution in [1.29, 1.82) is 0 Å². The van der Waals surface area contributed by atoms with Crippen molar-refractivity contribution < 1.29 is 9.21 Å². The summed E-state index contributed by atoms with van der Waals surface area (Å²) < 4.78 is 5.02. The number of furan rings is 1. The molecule has 7 nitrogen and oxygen atoms in total. The van der Waals surface area contributed by atoms with Gasteiger partial charge in [-0.2, -0.15) is 0 Å². The summed E-state index contributed by atoms with van der Waals surface area (Å²) in [7, 11) is 0. The van der Waals surface area contributed by atoms with E-state index in [1.807, 2.05) is 35.8 Å². The second-order valence-corrected chi connectivity index (χ2v) is 6.87. The summed E-state index contributed by atoms with van der Waals surface area (Å²) in [4.78, 5) is 20.5. The summed E-state index contributed by atoms with van der Waals surface area (Å²) in [6, 6.07) is 7.68. The molecular weight excluding hydrogens is 362 g/mol. The van der Waals surface area contributed by atoms with Crippen molar-refractivity contribution in [2.75, 3.05) is 18.4 Å². The van der Waals surface area contributed by atoms with Gasteiger partial charge in [0, 0.05) is 43.0 Å². The van der Waals surface area contributed by atoms with Crippen LogP contribution in [0, 0.1) is 0 Å². The molecular formula is C19H19N5O2S. The summed E-state index contributed by atoms with van der Waals surface area (Å²) in [5.74, 6) is -0.0861. The monoisotopic (exact) mass is 381 g/mol. The third kappa shape index (κ3) is 4.02. The number of fused-ring (bicyclic) bond motifs is 1. The second-order valence-electron chi connectivity index (χ2n) is 5.95. The second kappa shape index (κ2) is 8.07. The van der Waals surface area contributed by atoms with E-state index in [0.29, 0.717) is 24.5 Å². The van der Waals surface area contributed by atoms with Crippen LogP contribution in [0.1, 0.15) is 15.2 Å². The molecule has 4 aromatic heterocycles. The van der Waals surface area contributed by atoms with Crippen LogP contribution in [0.4, 0.5) is 11.4 Å². The average Bonchev–Trinajstić information content (AvgIpc) is 3.43. The van der Waals surface area contributed by atoms with Crippen LogP contribution in [0.3, 0.4) is 0 Å². The number of nitrogens with zero attached hydrogens (tertiary/aromatic N) is 1. The van der Waals surface area contributed by atoms with Crippen molar-refractivity contribution in [3.63, 3.8) is 0 Å². The lowest BCUT2D eigenvalue weighted by Crippen LogP contribution is -2.31. The normalized spacial score (nSPS) is 11.0. The highest BCUT2D eigenvalue weighted by atomic mass is 32.1. The van der Waals surface area contributed by atoms with E-state index in [0.717, 1.165) is 28.0 Å². The first-order valence-electron chi connectivity index (χ1n) is 8.58. The van der Waals surface area contributed by atoms with Gasteiger partial charge in [0.25, 0.3) is 5.91 Å². The molecule has 0 aliphatic carbocycles.